The lowest BCUT2D eigenvalue weighted by Crippen LogP contribution is -2.41. The lowest BCUT2D eigenvalue weighted by molar-refractivity contribution is -0.117. The maximum absolute atomic E-state index is 13.1. The van der Waals surface area contributed by atoms with Crippen LogP contribution in [-0.2, 0) is 11.8 Å². The van der Waals surface area contributed by atoms with Gasteiger partial charge in [-0.3, -0.25) is 24.2 Å². The Morgan fingerprint density at radius 3 is 2.70 bits per heavy atom. The first-order valence-corrected chi connectivity index (χ1v) is 12.6. The van der Waals surface area contributed by atoms with Gasteiger partial charge in [-0.05, 0) is 38.9 Å². The Morgan fingerprint density at radius 1 is 1.05 bits per heavy atom. The van der Waals surface area contributed by atoms with Crippen LogP contribution in [0.4, 0.5) is 11.4 Å². The number of hydrogen-bond acceptors (Lipinski definition) is 7. The molecule has 0 aromatic carbocycles. The molecule has 0 aliphatic carbocycles. The van der Waals surface area contributed by atoms with E-state index in [1.807, 2.05) is 13.2 Å². The molecule has 11 heteroatoms. The van der Waals surface area contributed by atoms with E-state index in [-0.39, 0.29) is 17.9 Å². The second-order valence-electron chi connectivity index (χ2n) is 9.40. The molecule has 1 aliphatic rings. The summed E-state index contributed by atoms with van der Waals surface area (Å²) < 4.78 is 3.32. The predicted molar refractivity (Wildman–Crippen MR) is 140 cm³/mol. The largest absolute Gasteiger partial charge is 0.325 e. The molecule has 4 aromatic rings. The number of amides is 2. The molecule has 2 N–H and O–H groups in total. The van der Waals surface area contributed by atoms with Crippen LogP contribution in [0.2, 0.25) is 0 Å². The van der Waals surface area contributed by atoms with Gasteiger partial charge < -0.3 is 15.5 Å². The number of nitrogens with zero attached hydrogens (tertiary/aromatic N) is 7. The Balaban J connectivity index is 1.28. The van der Waals surface area contributed by atoms with Gasteiger partial charge in [0, 0.05) is 31.3 Å². The monoisotopic (exact) mass is 501 g/mol. The summed E-state index contributed by atoms with van der Waals surface area (Å²) in [6.45, 7) is 5.93. The maximum Gasteiger partial charge on any atom is 0.259 e. The van der Waals surface area contributed by atoms with Crippen molar-refractivity contribution in [3.8, 4) is 11.3 Å². The summed E-state index contributed by atoms with van der Waals surface area (Å²) in [6.07, 6.45) is 13.9. The van der Waals surface area contributed by atoms with Crippen LogP contribution < -0.4 is 10.6 Å². The van der Waals surface area contributed by atoms with Gasteiger partial charge in [0.15, 0.2) is 0 Å². The molecule has 37 heavy (non-hydrogen) atoms. The minimum Gasteiger partial charge on any atom is -0.325 e. The van der Waals surface area contributed by atoms with Crippen molar-refractivity contribution < 1.29 is 9.59 Å². The Kier molecular flexibility index (Phi) is 6.95. The average Bonchev–Trinajstić information content (AvgIpc) is 3.52. The number of anilines is 2. The standard InChI is InChI=1S/C26H31N9O2/c1-4-34-8-6-5-7-20(34)10-25(36)31-19-9-22(17(2)27-12-19)32-26(37)21-13-30-35-16-23(28-14-24(21)35)18-11-29-33(3)15-18/h9,11-16,20H,4-8,10H2,1-3H3,(H,31,36)(H,32,37)/t20-/m0/s1. The highest BCUT2D eigenvalue weighted by atomic mass is 16.2. The Hall–Kier alpha value is -4.12. The molecule has 11 nitrogen and oxygen atoms in total. The number of nitrogens with one attached hydrogen (secondary N) is 2. The molecule has 1 atom stereocenters. The second kappa shape index (κ2) is 10.5. The summed E-state index contributed by atoms with van der Waals surface area (Å²) in [6, 6.07) is 2.00. The summed E-state index contributed by atoms with van der Waals surface area (Å²) >= 11 is 0. The molecule has 5 heterocycles. The van der Waals surface area contributed by atoms with E-state index in [0.29, 0.717) is 40.3 Å². The van der Waals surface area contributed by atoms with Gasteiger partial charge in [-0.2, -0.15) is 10.2 Å². The predicted octanol–water partition coefficient (Wildman–Crippen LogP) is 3.29. The minimum absolute atomic E-state index is 0.0496. The molecule has 0 saturated carbocycles. The minimum atomic E-state index is -0.333. The molecular weight excluding hydrogens is 470 g/mol. The summed E-state index contributed by atoms with van der Waals surface area (Å²) in [7, 11) is 1.84. The molecule has 0 spiro atoms. The third-order valence-corrected chi connectivity index (χ3v) is 6.84. The zero-order valence-corrected chi connectivity index (χ0v) is 21.3. The van der Waals surface area contributed by atoms with Crippen LogP contribution in [0.5, 0.6) is 0 Å². The zero-order chi connectivity index (χ0) is 25.9. The number of carbonyl (C=O) groups excluding carboxylic acids is 2. The summed E-state index contributed by atoms with van der Waals surface area (Å²) in [5.74, 6) is -0.383. The number of aromatic nitrogens is 6. The molecule has 0 unspecified atom stereocenters. The van der Waals surface area contributed by atoms with Gasteiger partial charge in [0.05, 0.1) is 64.8 Å². The molecule has 1 aliphatic heterocycles. The first kappa shape index (κ1) is 24.6. The molecular formula is C26H31N9O2. The van der Waals surface area contributed by atoms with Gasteiger partial charge in [0.2, 0.25) is 5.91 Å². The van der Waals surface area contributed by atoms with Crippen molar-refractivity contribution in [2.75, 3.05) is 23.7 Å². The van der Waals surface area contributed by atoms with Gasteiger partial charge in [0.1, 0.15) is 0 Å². The number of rotatable bonds is 7. The van der Waals surface area contributed by atoms with Crippen LogP contribution in [0.3, 0.4) is 0 Å². The number of carbonyl (C=O) groups is 2. The van der Waals surface area contributed by atoms with Crippen molar-refractivity contribution >= 4 is 28.7 Å². The van der Waals surface area contributed by atoms with Crippen LogP contribution in [0, 0.1) is 6.92 Å². The Bertz CT molecular complexity index is 1440. The number of piperidine rings is 1. The van der Waals surface area contributed by atoms with E-state index in [4.69, 9.17) is 0 Å². The van der Waals surface area contributed by atoms with Crippen molar-refractivity contribution in [1.29, 1.82) is 0 Å². The second-order valence-corrected chi connectivity index (χ2v) is 9.40. The third-order valence-electron chi connectivity index (χ3n) is 6.84. The summed E-state index contributed by atoms with van der Waals surface area (Å²) in [5.41, 5.74) is 4.24. The average molecular weight is 502 g/mol. The lowest BCUT2D eigenvalue weighted by Gasteiger charge is -2.34. The third kappa shape index (κ3) is 5.36. The number of fused-ring (bicyclic) bond motifs is 1. The molecule has 1 fully saturated rings. The number of aryl methyl sites for hydroxylation is 2. The quantitative estimate of drug-likeness (QED) is 0.398. The van der Waals surface area contributed by atoms with E-state index < -0.39 is 0 Å². The normalized spacial score (nSPS) is 16.1. The number of pyridine rings is 1. The zero-order valence-electron chi connectivity index (χ0n) is 21.3. The fourth-order valence-corrected chi connectivity index (χ4v) is 4.81. The van der Waals surface area contributed by atoms with E-state index >= 15 is 0 Å². The maximum atomic E-state index is 13.1. The van der Waals surface area contributed by atoms with E-state index in [9.17, 15) is 9.59 Å². The first-order valence-electron chi connectivity index (χ1n) is 12.6. The van der Waals surface area contributed by atoms with Crippen molar-refractivity contribution in [3.05, 3.63) is 54.5 Å². The van der Waals surface area contributed by atoms with E-state index in [2.05, 4.69) is 42.6 Å². The van der Waals surface area contributed by atoms with Gasteiger partial charge in [-0.25, -0.2) is 4.52 Å². The molecule has 1 saturated heterocycles. The molecule has 0 bridgehead atoms. The first-order chi connectivity index (χ1) is 17.9. The van der Waals surface area contributed by atoms with Crippen molar-refractivity contribution in [2.24, 2.45) is 7.05 Å². The van der Waals surface area contributed by atoms with Crippen LogP contribution in [0.1, 0.15) is 48.7 Å². The van der Waals surface area contributed by atoms with Crippen LogP contribution in [-0.4, -0.2) is 65.2 Å². The van der Waals surface area contributed by atoms with E-state index in [1.165, 1.54) is 12.6 Å². The fraction of sp³-hybridized carbons (Fsp3) is 0.385. The van der Waals surface area contributed by atoms with Gasteiger partial charge in [-0.1, -0.05) is 13.3 Å². The molecule has 4 aromatic heterocycles. The topological polar surface area (TPSA) is 122 Å². The SMILES string of the molecule is CCN1CCCC[C@H]1CC(=O)Nc1cnc(C)c(NC(=O)c2cnn3cc(-c4cnn(C)c4)ncc23)c1. The fourth-order valence-electron chi connectivity index (χ4n) is 4.81. The Labute approximate surface area is 214 Å². The van der Waals surface area contributed by atoms with Crippen LogP contribution in [0.25, 0.3) is 16.8 Å². The van der Waals surface area contributed by atoms with E-state index in [1.54, 1.807) is 47.0 Å². The highest BCUT2D eigenvalue weighted by Crippen LogP contribution is 2.23. The highest BCUT2D eigenvalue weighted by Gasteiger charge is 2.23. The molecule has 5 rings (SSSR count). The lowest BCUT2D eigenvalue weighted by atomic mass is 9.99. The summed E-state index contributed by atoms with van der Waals surface area (Å²) in [4.78, 5) is 37.1. The molecule has 192 valence electrons. The van der Waals surface area contributed by atoms with Crippen LogP contribution in [0.15, 0.2) is 43.2 Å². The molecule has 2 amide bonds. The van der Waals surface area contributed by atoms with Crippen LogP contribution >= 0.6 is 0 Å². The van der Waals surface area contributed by atoms with Crippen molar-refractivity contribution in [2.45, 2.75) is 45.6 Å². The van der Waals surface area contributed by atoms with Gasteiger partial charge in [0.25, 0.3) is 5.91 Å². The highest BCUT2D eigenvalue weighted by molar-refractivity contribution is 6.09. The number of hydrogen-bond donors (Lipinski definition) is 2. The van der Waals surface area contributed by atoms with Crippen molar-refractivity contribution in [3.63, 3.8) is 0 Å². The smallest absolute Gasteiger partial charge is 0.259 e. The molecule has 0 radical (unpaired) electrons. The van der Waals surface area contributed by atoms with Gasteiger partial charge >= 0.3 is 0 Å². The van der Waals surface area contributed by atoms with Crippen molar-refractivity contribution in [1.82, 2.24) is 34.3 Å². The number of likely N-dealkylation sites (tertiary alicyclic amines) is 1. The summed E-state index contributed by atoms with van der Waals surface area (Å²) in [5, 5.41) is 14.4. The van der Waals surface area contributed by atoms with E-state index in [0.717, 1.165) is 31.5 Å². The van der Waals surface area contributed by atoms with Gasteiger partial charge in [-0.15, -0.1) is 0 Å². The Morgan fingerprint density at radius 2 is 1.92 bits per heavy atom.